The van der Waals surface area contributed by atoms with Crippen molar-refractivity contribution in [3.63, 3.8) is 0 Å². The molecule has 0 amide bonds. The number of thioether (sulfide) groups is 1. The van der Waals surface area contributed by atoms with E-state index in [1.807, 2.05) is 32.7 Å². The van der Waals surface area contributed by atoms with Crippen LogP contribution in [-0.2, 0) is 4.79 Å². The summed E-state index contributed by atoms with van der Waals surface area (Å²) < 4.78 is 0. The topological polar surface area (TPSA) is 55.1 Å². The molecule has 2 atom stereocenters. The molecule has 0 bridgehead atoms. The molecule has 4 heteroatoms. The number of ketones is 1. The molecule has 0 rings (SSSR count). The van der Waals surface area contributed by atoms with E-state index in [2.05, 4.69) is 19.2 Å². The molecule has 3 N–H and O–H groups in total. The van der Waals surface area contributed by atoms with Gasteiger partial charge in [-0.15, -0.1) is 0 Å². The quantitative estimate of drug-likeness (QED) is 0.666. The summed E-state index contributed by atoms with van der Waals surface area (Å²) in [5, 5.41) is 4.20. The van der Waals surface area contributed by atoms with Crippen LogP contribution in [0.25, 0.3) is 0 Å². The Labute approximate surface area is 110 Å². The van der Waals surface area contributed by atoms with Crippen molar-refractivity contribution in [3.8, 4) is 0 Å². The molecule has 0 aromatic carbocycles. The van der Waals surface area contributed by atoms with Crippen LogP contribution in [0.5, 0.6) is 0 Å². The number of carbonyl (C=O) groups excluding carboxylic acids is 1. The van der Waals surface area contributed by atoms with E-state index in [-0.39, 0.29) is 12.0 Å². The Morgan fingerprint density at radius 2 is 1.88 bits per heavy atom. The van der Waals surface area contributed by atoms with Crippen molar-refractivity contribution in [2.75, 3.05) is 13.6 Å². The predicted molar refractivity (Wildman–Crippen MR) is 77.5 cm³/mol. The molecule has 0 heterocycles. The molecule has 102 valence electrons. The van der Waals surface area contributed by atoms with E-state index >= 15 is 0 Å². The van der Waals surface area contributed by atoms with Gasteiger partial charge in [0.25, 0.3) is 0 Å². The summed E-state index contributed by atoms with van der Waals surface area (Å²) in [7, 11) is 1.87. The fourth-order valence-corrected chi connectivity index (χ4v) is 3.20. The molecule has 0 aliphatic heterocycles. The second kappa shape index (κ2) is 8.95. The van der Waals surface area contributed by atoms with E-state index in [1.54, 1.807) is 0 Å². The van der Waals surface area contributed by atoms with Gasteiger partial charge in [-0.1, -0.05) is 27.7 Å². The lowest BCUT2D eigenvalue weighted by Gasteiger charge is -2.24. The maximum Gasteiger partial charge on any atom is 0.152 e. The third-order valence-corrected chi connectivity index (χ3v) is 4.07. The third kappa shape index (κ3) is 7.06. The summed E-state index contributed by atoms with van der Waals surface area (Å²) in [6.45, 7) is 8.98. The Morgan fingerprint density at radius 1 is 1.29 bits per heavy atom. The Morgan fingerprint density at radius 3 is 2.24 bits per heavy atom. The Kier molecular flexibility index (Phi) is 8.92. The van der Waals surface area contributed by atoms with Crippen LogP contribution in [0.15, 0.2) is 0 Å². The summed E-state index contributed by atoms with van der Waals surface area (Å²) in [6, 6.07) is -0.0298. The first-order valence-corrected chi connectivity index (χ1v) is 7.43. The van der Waals surface area contributed by atoms with Gasteiger partial charge in [0.1, 0.15) is 0 Å². The highest BCUT2D eigenvalue weighted by atomic mass is 32.2. The van der Waals surface area contributed by atoms with E-state index in [9.17, 15) is 4.79 Å². The molecule has 0 aliphatic carbocycles. The number of nitrogens with one attached hydrogen (secondary N) is 1. The van der Waals surface area contributed by atoms with Crippen molar-refractivity contribution in [2.45, 2.75) is 57.1 Å². The minimum Gasteiger partial charge on any atom is -0.330 e. The molecule has 0 aliphatic rings. The van der Waals surface area contributed by atoms with Crippen molar-refractivity contribution in [1.29, 1.82) is 0 Å². The molecule has 17 heavy (non-hydrogen) atoms. The molecule has 2 unspecified atom stereocenters. The predicted octanol–water partition coefficient (Wildman–Crippen LogP) is 2.05. The van der Waals surface area contributed by atoms with Crippen LogP contribution >= 0.6 is 11.8 Å². The van der Waals surface area contributed by atoms with Crippen LogP contribution in [-0.4, -0.2) is 35.9 Å². The molecular formula is C13H28N2OS. The van der Waals surface area contributed by atoms with Gasteiger partial charge in [0, 0.05) is 11.2 Å². The summed E-state index contributed by atoms with van der Waals surface area (Å²) in [4.78, 5) is 12.0. The van der Waals surface area contributed by atoms with Gasteiger partial charge in [0.05, 0.1) is 6.04 Å². The number of Topliss-reactive ketones (excluding diaryl/α,β-unsaturated/α-hetero) is 1. The average molecular weight is 260 g/mol. The number of hydrogen-bond donors (Lipinski definition) is 2. The second-order valence-corrected chi connectivity index (χ2v) is 6.90. The fraction of sp³-hybridized carbons (Fsp3) is 0.923. The van der Waals surface area contributed by atoms with Gasteiger partial charge in [-0.2, -0.15) is 11.8 Å². The average Bonchev–Trinajstić information content (AvgIpc) is 2.24. The normalized spacial score (nSPS) is 15.3. The Balaban J connectivity index is 4.42. The van der Waals surface area contributed by atoms with Crippen LogP contribution in [0, 0.1) is 5.92 Å². The van der Waals surface area contributed by atoms with Gasteiger partial charge in [0.2, 0.25) is 0 Å². The lowest BCUT2D eigenvalue weighted by atomic mass is 9.97. The second-order valence-electron chi connectivity index (χ2n) is 5.02. The standard InChI is InChI=1S/C13H28N2OS/c1-9(2)13(16)12(15-5)8-11(6-7-14)17-10(3)4/h9-12,15H,6-8,14H2,1-5H3. The number of rotatable bonds is 9. The van der Waals surface area contributed by atoms with Crippen LogP contribution in [0.2, 0.25) is 0 Å². The van der Waals surface area contributed by atoms with Crippen molar-refractivity contribution in [2.24, 2.45) is 11.7 Å². The lowest BCUT2D eigenvalue weighted by Crippen LogP contribution is -2.39. The molecular weight excluding hydrogens is 232 g/mol. The zero-order valence-electron chi connectivity index (χ0n) is 11.8. The van der Waals surface area contributed by atoms with E-state index < -0.39 is 0 Å². The van der Waals surface area contributed by atoms with Crippen molar-refractivity contribution < 1.29 is 4.79 Å². The highest BCUT2D eigenvalue weighted by molar-refractivity contribution is 8.00. The minimum atomic E-state index is -0.0298. The van der Waals surface area contributed by atoms with E-state index in [4.69, 9.17) is 5.73 Å². The molecule has 0 saturated carbocycles. The summed E-state index contributed by atoms with van der Waals surface area (Å²) in [5.74, 6) is 0.397. The largest absolute Gasteiger partial charge is 0.330 e. The molecule has 3 nitrogen and oxygen atoms in total. The Bertz CT molecular complexity index is 219. The van der Waals surface area contributed by atoms with Gasteiger partial charge in [-0.05, 0) is 31.7 Å². The number of nitrogens with two attached hydrogens (primary N) is 1. The van der Waals surface area contributed by atoms with E-state index in [0.29, 0.717) is 22.8 Å². The van der Waals surface area contributed by atoms with Crippen molar-refractivity contribution in [3.05, 3.63) is 0 Å². The highest BCUT2D eigenvalue weighted by Gasteiger charge is 2.23. The van der Waals surface area contributed by atoms with Gasteiger partial charge < -0.3 is 11.1 Å². The van der Waals surface area contributed by atoms with Gasteiger partial charge in [-0.25, -0.2) is 0 Å². The lowest BCUT2D eigenvalue weighted by molar-refractivity contribution is -0.124. The monoisotopic (exact) mass is 260 g/mol. The smallest absolute Gasteiger partial charge is 0.152 e. The zero-order valence-corrected chi connectivity index (χ0v) is 12.6. The first-order valence-electron chi connectivity index (χ1n) is 6.48. The minimum absolute atomic E-state index is 0.0298. The molecule has 0 saturated heterocycles. The summed E-state index contributed by atoms with van der Waals surface area (Å²) in [6.07, 6.45) is 1.86. The molecule has 0 radical (unpaired) electrons. The SMILES string of the molecule is CNC(CC(CCN)SC(C)C)C(=O)C(C)C. The molecule has 0 fully saturated rings. The van der Waals surface area contributed by atoms with E-state index in [0.717, 1.165) is 12.8 Å². The molecule has 0 spiro atoms. The fourth-order valence-electron chi connectivity index (χ4n) is 1.85. The van der Waals surface area contributed by atoms with Crippen LogP contribution in [0.4, 0.5) is 0 Å². The van der Waals surface area contributed by atoms with Gasteiger partial charge in [-0.3, -0.25) is 4.79 Å². The molecule has 0 aromatic heterocycles. The first kappa shape index (κ1) is 16.9. The molecule has 0 aromatic rings. The van der Waals surface area contributed by atoms with Crippen LogP contribution in [0.1, 0.15) is 40.5 Å². The van der Waals surface area contributed by atoms with Gasteiger partial charge >= 0.3 is 0 Å². The van der Waals surface area contributed by atoms with Crippen molar-refractivity contribution >= 4 is 17.5 Å². The maximum atomic E-state index is 12.0. The van der Waals surface area contributed by atoms with Crippen LogP contribution in [0.3, 0.4) is 0 Å². The van der Waals surface area contributed by atoms with Gasteiger partial charge in [0.15, 0.2) is 5.78 Å². The highest BCUT2D eigenvalue weighted by Crippen LogP contribution is 2.24. The summed E-state index contributed by atoms with van der Waals surface area (Å²) in [5.41, 5.74) is 5.64. The van der Waals surface area contributed by atoms with Crippen molar-refractivity contribution in [1.82, 2.24) is 5.32 Å². The van der Waals surface area contributed by atoms with Crippen LogP contribution < -0.4 is 11.1 Å². The number of hydrogen-bond acceptors (Lipinski definition) is 4. The first-order chi connectivity index (χ1) is 7.92. The number of likely N-dealkylation sites (N-methyl/N-ethyl adjacent to an activating group) is 1. The maximum absolute atomic E-state index is 12.0. The Hall–Kier alpha value is -0.0600. The third-order valence-electron chi connectivity index (χ3n) is 2.71. The summed E-state index contributed by atoms with van der Waals surface area (Å²) >= 11 is 1.92. The number of carbonyl (C=O) groups is 1. The zero-order chi connectivity index (χ0) is 13.4. The van der Waals surface area contributed by atoms with E-state index in [1.165, 1.54) is 0 Å².